The number of hydrogen-bond acceptors (Lipinski definition) is 2. The van der Waals surface area contributed by atoms with Gasteiger partial charge in [-0.15, -0.1) is 0 Å². The van der Waals surface area contributed by atoms with Crippen molar-refractivity contribution in [3.05, 3.63) is 206 Å². The summed E-state index contributed by atoms with van der Waals surface area (Å²) in [4.78, 5) is 10.6. The van der Waals surface area contributed by atoms with Gasteiger partial charge in [-0.3, -0.25) is 4.57 Å². The lowest BCUT2D eigenvalue weighted by atomic mass is 9.99. The van der Waals surface area contributed by atoms with Gasteiger partial charge in [-0.25, -0.2) is 9.97 Å². The molecule has 0 atom stereocenters. The number of rotatable bonds is 5. The standard InChI is InChI=1S/C54H34N4/c1-3-14-35(15-4-1)37-17-13-18-40(32-37)53-44-23-9-11-24-47(44)55-54(56-53)58-48-25-12-10-22-43(48)45-33-38(27-29-49(45)58)39-28-30-50-46(34-39)52-42-21-8-7-16-36(42)26-31-51(52)57(50)41-19-5-2-6-20-41/h1-34H. The number of nitrogens with zero attached hydrogens (tertiary/aromatic N) is 4. The van der Waals surface area contributed by atoms with Crippen LogP contribution in [0.1, 0.15) is 0 Å². The average Bonchev–Trinajstić information content (AvgIpc) is 3.82. The molecule has 0 spiro atoms. The van der Waals surface area contributed by atoms with E-state index in [-0.39, 0.29) is 0 Å². The summed E-state index contributed by atoms with van der Waals surface area (Å²) >= 11 is 0. The first kappa shape index (κ1) is 32.4. The van der Waals surface area contributed by atoms with Crippen molar-refractivity contribution in [1.82, 2.24) is 19.1 Å². The molecule has 9 aromatic carbocycles. The van der Waals surface area contributed by atoms with Gasteiger partial charge in [-0.05, 0) is 93.7 Å². The Bertz CT molecular complexity index is 3560. The predicted molar refractivity (Wildman–Crippen MR) is 242 cm³/mol. The normalized spacial score (nSPS) is 11.8. The van der Waals surface area contributed by atoms with Gasteiger partial charge in [0, 0.05) is 38.2 Å². The highest BCUT2D eigenvalue weighted by Crippen LogP contribution is 2.41. The lowest BCUT2D eigenvalue weighted by Crippen LogP contribution is -2.03. The molecule has 12 rings (SSSR count). The van der Waals surface area contributed by atoms with Gasteiger partial charge in [0.25, 0.3) is 0 Å². The molecule has 3 aromatic heterocycles. The van der Waals surface area contributed by atoms with Crippen LogP contribution in [0.15, 0.2) is 206 Å². The molecule has 270 valence electrons. The first-order valence-electron chi connectivity index (χ1n) is 19.7. The van der Waals surface area contributed by atoms with Crippen LogP contribution in [0.3, 0.4) is 0 Å². The van der Waals surface area contributed by atoms with Crippen molar-refractivity contribution in [2.75, 3.05) is 0 Å². The molecule has 12 aromatic rings. The smallest absolute Gasteiger partial charge is 0.235 e. The summed E-state index contributed by atoms with van der Waals surface area (Å²) in [6.07, 6.45) is 0. The Kier molecular flexibility index (Phi) is 7.20. The van der Waals surface area contributed by atoms with Crippen molar-refractivity contribution in [3.8, 4) is 45.1 Å². The zero-order valence-electron chi connectivity index (χ0n) is 31.4. The van der Waals surface area contributed by atoms with Crippen LogP contribution in [-0.4, -0.2) is 19.1 Å². The molecular weight excluding hydrogens is 705 g/mol. The second-order valence-corrected chi connectivity index (χ2v) is 15.0. The van der Waals surface area contributed by atoms with Crippen molar-refractivity contribution < 1.29 is 0 Å². The molecule has 0 amide bonds. The summed E-state index contributed by atoms with van der Waals surface area (Å²) in [7, 11) is 0. The summed E-state index contributed by atoms with van der Waals surface area (Å²) in [5.74, 6) is 0.653. The van der Waals surface area contributed by atoms with Gasteiger partial charge in [-0.2, -0.15) is 0 Å². The van der Waals surface area contributed by atoms with Crippen LogP contribution in [0.4, 0.5) is 0 Å². The van der Waals surface area contributed by atoms with Crippen molar-refractivity contribution in [1.29, 1.82) is 0 Å². The molecule has 0 aliphatic heterocycles. The highest BCUT2D eigenvalue weighted by Gasteiger charge is 2.20. The fourth-order valence-corrected chi connectivity index (χ4v) is 9.05. The Morgan fingerprint density at radius 2 is 0.897 bits per heavy atom. The quantitative estimate of drug-likeness (QED) is 0.176. The van der Waals surface area contributed by atoms with E-state index in [1.54, 1.807) is 0 Å². The first-order valence-corrected chi connectivity index (χ1v) is 19.7. The molecule has 58 heavy (non-hydrogen) atoms. The van der Waals surface area contributed by atoms with Crippen LogP contribution < -0.4 is 0 Å². The third kappa shape index (κ3) is 5.02. The van der Waals surface area contributed by atoms with Gasteiger partial charge in [0.1, 0.15) is 0 Å². The van der Waals surface area contributed by atoms with Gasteiger partial charge in [0.05, 0.1) is 33.3 Å². The molecule has 0 aliphatic carbocycles. The van der Waals surface area contributed by atoms with E-state index in [1.807, 2.05) is 0 Å². The van der Waals surface area contributed by atoms with E-state index in [1.165, 1.54) is 43.7 Å². The molecule has 3 heterocycles. The van der Waals surface area contributed by atoms with Crippen LogP contribution in [0.25, 0.3) is 110 Å². The summed E-state index contributed by atoms with van der Waals surface area (Å²) in [5.41, 5.74) is 13.2. The number of aromatic nitrogens is 4. The molecule has 0 fully saturated rings. The predicted octanol–water partition coefficient (Wildman–Crippen LogP) is 14.0. The zero-order chi connectivity index (χ0) is 38.2. The molecule has 0 N–H and O–H groups in total. The zero-order valence-corrected chi connectivity index (χ0v) is 31.4. The number of hydrogen-bond donors (Lipinski definition) is 0. The maximum atomic E-state index is 5.39. The summed E-state index contributed by atoms with van der Waals surface area (Å²) in [6.45, 7) is 0. The lowest BCUT2D eigenvalue weighted by Gasteiger charge is -2.13. The van der Waals surface area contributed by atoms with E-state index < -0.39 is 0 Å². The average molecular weight is 739 g/mol. The van der Waals surface area contributed by atoms with E-state index in [2.05, 4.69) is 215 Å². The van der Waals surface area contributed by atoms with E-state index in [9.17, 15) is 0 Å². The van der Waals surface area contributed by atoms with Crippen molar-refractivity contribution in [2.45, 2.75) is 0 Å². The Labute approximate surface area is 334 Å². The molecule has 4 nitrogen and oxygen atoms in total. The molecule has 0 radical (unpaired) electrons. The van der Waals surface area contributed by atoms with E-state index >= 15 is 0 Å². The fraction of sp³-hybridized carbons (Fsp3) is 0. The lowest BCUT2D eigenvalue weighted by molar-refractivity contribution is 1.01. The van der Waals surface area contributed by atoms with Gasteiger partial charge in [0.15, 0.2) is 0 Å². The number of para-hydroxylation sites is 3. The monoisotopic (exact) mass is 738 g/mol. The molecule has 4 heteroatoms. The van der Waals surface area contributed by atoms with Crippen LogP contribution in [0.2, 0.25) is 0 Å². The Balaban J connectivity index is 1.05. The highest BCUT2D eigenvalue weighted by molar-refractivity contribution is 6.22. The van der Waals surface area contributed by atoms with Crippen LogP contribution in [0, 0.1) is 0 Å². The molecule has 0 unspecified atom stereocenters. The highest BCUT2D eigenvalue weighted by atomic mass is 15.2. The minimum atomic E-state index is 0.653. The van der Waals surface area contributed by atoms with Crippen LogP contribution in [-0.2, 0) is 0 Å². The maximum absolute atomic E-state index is 5.39. The first-order chi connectivity index (χ1) is 28.8. The van der Waals surface area contributed by atoms with E-state index in [4.69, 9.17) is 9.97 Å². The van der Waals surface area contributed by atoms with Crippen LogP contribution in [0.5, 0.6) is 0 Å². The van der Waals surface area contributed by atoms with Gasteiger partial charge < -0.3 is 4.57 Å². The van der Waals surface area contributed by atoms with Crippen LogP contribution >= 0.6 is 0 Å². The molecule has 0 bridgehead atoms. The maximum Gasteiger partial charge on any atom is 0.235 e. The Hall–Kier alpha value is -7.82. The SMILES string of the molecule is c1ccc(-c2cccc(-c3nc(-n4c5ccccc5c5cc(-c6ccc7c(c6)c6c8ccccc8ccc6n7-c6ccccc6)ccc54)nc4ccccc34)c2)cc1. The van der Waals surface area contributed by atoms with E-state index in [0.717, 1.165) is 60.8 Å². The molecule has 0 saturated carbocycles. The van der Waals surface area contributed by atoms with E-state index in [0.29, 0.717) is 5.95 Å². The van der Waals surface area contributed by atoms with Gasteiger partial charge in [-0.1, -0.05) is 146 Å². The summed E-state index contributed by atoms with van der Waals surface area (Å²) in [6, 6.07) is 73.8. The summed E-state index contributed by atoms with van der Waals surface area (Å²) < 4.78 is 4.63. The number of benzene rings is 9. The topological polar surface area (TPSA) is 35.6 Å². The second-order valence-electron chi connectivity index (χ2n) is 15.0. The van der Waals surface area contributed by atoms with Crippen molar-refractivity contribution in [3.63, 3.8) is 0 Å². The van der Waals surface area contributed by atoms with Gasteiger partial charge in [0.2, 0.25) is 5.95 Å². The van der Waals surface area contributed by atoms with Gasteiger partial charge >= 0.3 is 0 Å². The van der Waals surface area contributed by atoms with Crippen molar-refractivity contribution in [2.24, 2.45) is 0 Å². The molecule has 0 saturated heterocycles. The molecule has 0 aliphatic rings. The minimum Gasteiger partial charge on any atom is -0.309 e. The Morgan fingerprint density at radius 1 is 0.310 bits per heavy atom. The second kappa shape index (κ2) is 12.9. The fourth-order valence-electron chi connectivity index (χ4n) is 9.05. The number of fused-ring (bicyclic) bond motifs is 9. The summed E-state index contributed by atoms with van der Waals surface area (Å²) in [5, 5.41) is 8.36. The third-order valence-corrected chi connectivity index (χ3v) is 11.7. The third-order valence-electron chi connectivity index (χ3n) is 11.7. The van der Waals surface area contributed by atoms with Crippen molar-refractivity contribution >= 4 is 65.3 Å². The largest absolute Gasteiger partial charge is 0.309 e. The Morgan fingerprint density at radius 3 is 1.72 bits per heavy atom. The molecular formula is C54H34N4. The minimum absolute atomic E-state index is 0.653.